The Kier molecular flexibility index (Phi) is 4.93. The predicted molar refractivity (Wildman–Crippen MR) is 80.2 cm³/mol. The predicted octanol–water partition coefficient (Wildman–Crippen LogP) is 4.55. The van der Waals surface area contributed by atoms with Gasteiger partial charge in [-0.2, -0.15) is 0 Å². The summed E-state index contributed by atoms with van der Waals surface area (Å²) < 4.78 is 0.924. The van der Waals surface area contributed by atoms with Crippen LogP contribution in [0.4, 0.5) is 5.69 Å². The highest BCUT2D eigenvalue weighted by molar-refractivity contribution is 9.10. The van der Waals surface area contributed by atoms with Gasteiger partial charge in [-0.15, -0.1) is 0 Å². The molecule has 0 fully saturated rings. The third kappa shape index (κ3) is 3.12. The largest absolute Gasteiger partial charge is 0.398 e. The van der Waals surface area contributed by atoms with Gasteiger partial charge in [-0.3, -0.25) is 4.79 Å². The summed E-state index contributed by atoms with van der Waals surface area (Å²) in [6.45, 7) is 0. The number of benzene rings is 2. The van der Waals surface area contributed by atoms with Gasteiger partial charge < -0.3 is 5.73 Å². The highest BCUT2D eigenvalue weighted by Crippen LogP contribution is 2.22. The van der Waals surface area contributed by atoms with E-state index in [2.05, 4.69) is 15.9 Å². The van der Waals surface area contributed by atoms with Gasteiger partial charge in [0.15, 0.2) is 5.78 Å². The van der Waals surface area contributed by atoms with Crippen molar-refractivity contribution in [3.05, 3.63) is 63.1 Å². The van der Waals surface area contributed by atoms with Gasteiger partial charge in [0.2, 0.25) is 0 Å². The molecular formula is C14H13BrClNO. The van der Waals surface area contributed by atoms with Gasteiger partial charge in [0, 0.05) is 26.3 Å². The molecule has 4 heteroatoms. The lowest BCUT2D eigenvalue weighted by atomic mass is 10.0. The first-order valence-corrected chi connectivity index (χ1v) is 6.10. The van der Waals surface area contributed by atoms with Crippen molar-refractivity contribution in [2.45, 2.75) is 7.43 Å². The van der Waals surface area contributed by atoms with Crippen molar-refractivity contribution >= 4 is 39.0 Å². The molecule has 18 heavy (non-hydrogen) atoms. The van der Waals surface area contributed by atoms with Crippen LogP contribution in [0.25, 0.3) is 0 Å². The van der Waals surface area contributed by atoms with Gasteiger partial charge in [-0.05, 0) is 42.5 Å². The minimum Gasteiger partial charge on any atom is -0.398 e. The summed E-state index contributed by atoms with van der Waals surface area (Å²) in [5, 5.41) is 0.500. The molecule has 0 atom stereocenters. The van der Waals surface area contributed by atoms with E-state index in [1.807, 2.05) is 12.1 Å². The maximum absolute atomic E-state index is 12.2. The Bertz CT molecular complexity index is 567. The van der Waals surface area contributed by atoms with Crippen molar-refractivity contribution in [2.24, 2.45) is 0 Å². The summed E-state index contributed by atoms with van der Waals surface area (Å²) in [6, 6.07) is 12.0. The Morgan fingerprint density at radius 1 is 1.11 bits per heavy atom. The topological polar surface area (TPSA) is 43.1 Å². The Labute approximate surface area is 120 Å². The number of ketones is 1. The van der Waals surface area contributed by atoms with E-state index < -0.39 is 0 Å². The smallest absolute Gasteiger partial charge is 0.195 e. The number of nitrogen functional groups attached to an aromatic ring is 1. The Hall–Kier alpha value is -1.32. The second kappa shape index (κ2) is 6.03. The summed E-state index contributed by atoms with van der Waals surface area (Å²) in [4.78, 5) is 12.2. The molecular weight excluding hydrogens is 314 g/mol. The molecule has 0 aromatic heterocycles. The zero-order chi connectivity index (χ0) is 12.4. The molecule has 0 saturated heterocycles. The number of nitrogens with two attached hydrogens (primary N) is 1. The first kappa shape index (κ1) is 14.7. The van der Waals surface area contributed by atoms with Crippen LogP contribution in [0.5, 0.6) is 0 Å². The van der Waals surface area contributed by atoms with Gasteiger partial charge in [0.25, 0.3) is 0 Å². The molecule has 0 saturated carbocycles. The SMILES string of the molecule is C.Nc1ccc(Cl)cc1C(=O)c1ccc(Br)cc1. The Morgan fingerprint density at radius 3 is 2.33 bits per heavy atom. The van der Waals surface area contributed by atoms with E-state index in [9.17, 15) is 4.79 Å². The van der Waals surface area contributed by atoms with Crippen LogP contribution in [0.3, 0.4) is 0 Å². The monoisotopic (exact) mass is 325 g/mol. The summed E-state index contributed by atoms with van der Waals surface area (Å²) in [5.41, 5.74) is 7.22. The molecule has 0 heterocycles. The summed E-state index contributed by atoms with van der Waals surface area (Å²) in [6.07, 6.45) is 0. The number of carbonyl (C=O) groups is 1. The molecule has 0 bridgehead atoms. The van der Waals surface area contributed by atoms with Crippen molar-refractivity contribution in [3.8, 4) is 0 Å². The minimum atomic E-state index is -0.127. The van der Waals surface area contributed by atoms with Crippen LogP contribution >= 0.6 is 27.5 Å². The minimum absolute atomic E-state index is 0. The molecule has 0 aliphatic heterocycles. The molecule has 0 spiro atoms. The first-order chi connectivity index (χ1) is 8.08. The van der Waals surface area contributed by atoms with Gasteiger partial charge in [0.05, 0.1) is 0 Å². The second-order valence-electron chi connectivity index (χ2n) is 3.57. The fourth-order valence-electron chi connectivity index (χ4n) is 1.48. The third-order valence-corrected chi connectivity index (χ3v) is 3.13. The Morgan fingerprint density at radius 2 is 1.72 bits per heavy atom. The molecule has 0 aliphatic rings. The van der Waals surface area contributed by atoms with Crippen LogP contribution in [-0.2, 0) is 0 Å². The van der Waals surface area contributed by atoms with Crippen LogP contribution in [0.2, 0.25) is 5.02 Å². The van der Waals surface area contributed by atoms with Crippen LogP contribution < -0.4 is 5.73 Å². The summed E-state index contributed by atoms with van der Waals surface area (Å²) in [7, 11) is 0. The number of carbonyl (C=O) groups excluding carboxylic acids is 1. The molecule has 0 amide bonds. The maximum atomic E-state index is 12.2. The highest BCUT2D eigenvalue weighted by Gasteiger charge is 2.12. The Balaban J connectivity index is 0.00000162. The van der Waals surface area contributed by atoms with E-state index in [0.717, 1.165) is 4.47 Å². The molecule has 2 nitrogen and oxygen atoms in total. The number of rotatable bonds is 2. The lowest BCUT2D eigenvalue weighted by Crippen LogP contribution is -2.05. The van der Waals surface area contributed by atoms with Crippen molar-refractivity contribution in [2.75, 3.05) is 5.73 Å². The quantitative estimate of drug-likeness (QED) is 0.650. The number of hydrogen-bond donors (Lipinski definition) is 1. The van der Waals surface area contributed by atoms with Crippen LogP contribution in [0.1, 0.15) is 23.3 Å². The summed E-state index contributed by atoms with van der Waals surface area (Å²) in [5.74, 6) is -0.127. The van der Waals surface area contributed by atoms with Gasteiger partial charge >= 0.3 is 0 Å². The van der Waals surface area contributed by atoms with Crippen LogP contribution in [-0.4, -0.2) is 5.78 Å². The molecule has 2 rings (SSSR count). The molecule has 94 valence electrons. The lowest BCUT2D eigenvalue weighted by molar-refractivity contribution is 0.103. The van der Waals surface area contributed by atoms with Crippen molar-refractivity contribution in [1.82, 2.24) is 0 Å². The van der Waals surface area contributed by atoms with Crippen molar-refractivity contribution in [1.29, 1.82) is 0 Å². The van der Waals surface area contributed by atoms with E-state index in [4.69, 9.17) is 17.3 Å². The average Bonchev–Trinajstić information content (AvgIpc) is 2.32. The van der Waals surface area contributed by atoms with Crippen LogP contribution in [0.15, 0.2) is 46.9 Å². The number of halogens is 2. The molecule has 2 aromatic carbocycles. The van der Waals surface area contributed by atoms with Gasteiger partial charge in [-0.25, -0.2) is 0 Å². The van der Waals surface area contributed by atoms with E-state index in [1.54, 1.807) is 30.3 Å². The highest BCUT2D eigenvalue weighted by atomic mass is 79.9. The standard InChI is InChI=1S/C13H9BrClNO.CH4/c14-9-3-1-8(2-4-9)13(17)11-7-10(15)5-6-12(11)16;/h1-7H,16H2;1H4. The molecule has 0 radical (unpaired) electrons. The summed E-state index contributed by atoms with van der Waals surface area (Å²) >= 11 is 9.18. The zero-order valence-electron chi connectivity index (χ0n) is 8.78. The molecule has 2 aromatic rings. The second-order valence-corrected chi connectivity index (χ2v) is 4.92. The fourth-order valence-corrected chi connectivity index (χ4v) is 1.92. The normalized spacial score (nSPS) is 9.67. The maximum Gasteiger partial charge on any atom is 0.195 e. The van der Waals surface area contributed by atoms with E-state index in [0.29, 0.717) is 21.8 Å². The fraction of sp³-hybridized carbons (Fsp3) is 0.0714. The lowest BCUT2D eigenvalue weighted by Gasteiger charge is -2.05. The number of anilines is 1. The third-order valence-electron chi connectivity index (χ3n) is 2.37. The van der Waals surface area contributed by atoms with E-state index in [1.165, 1.54) is 0 Å². The molecule has 2 N–H and O–H groups in total. The molecule has 0 unspecified atom stereocenters. The van der Waals surface area contributed by atoms with Gasteiger partial charge in [-0.1, -0.05) is 35.0 Å². The first-order valence-electron chi connectivity index (χ1n) is 4.93. The van der Waals surface area contributed by atoms with Gasteiger partial charge in [0.1, 0.15) is 0 Å². The average molecular weight is 327 g/mol. The van der Waals surface area contributed by atoms with E-state index in [-0.39, 0.29) is 13.2 Å². The number of hydrogen-bond acceptors (Lipinski definition) is 2. The van der Waals surface area contributed by atoms with Crippen molar-refractivity contribution in [3.63, 3.8) is 0 Å². The van der Waals surface area contributed by atoms with E-state index >= 15 is 0 Å². The van der Waals surface area contributed by atoms with Crippen molar-refractivity contribution < 1.29 is 4.79 Å². The zero-order valence-corrected chi connectivity index (χ0v) is 11.1. The van der Waals surface area contributed by atoms with Crippen LogP contribution in [0, 0.1) is 0 Å². The molecule has 0 aliphatic carbocycles.